The normalized spacial score (nSPS) is 15.7. The predicted molar refractivity (Wildman–Crippen MR) is 71.3 cm³/mol. The van der Waals surface area contributed by atoms with E-state index in [-0.39, 0.29) is 0 Å². The quantitative estimate of drug-likeness (QED) is 0.852. The molecule has 0 radical (unpaired) electrons. The molecule has 96 valence electrons. The van der Waals surface area contributed by atoms with Crippen molar-refractivity contribution in [3.63, 3.8) is 0 Å². The topological polar surface area (TPSA) is 73.6 Å². The summed E-state index contributed by atoms with van der Waals surface area (Å²) in [5.41, 5.74) is -0.630. The summed E-state index contributed by atoms with van der Waals surface area (Å²) in [7, 11) is 0. The lowest BCUT2D eigenvalue weighted by Gasteiger charge is -2.27. The number of nitrogens with one attached hydrogen (secondary N) is 2. The van der Waals surface area contributed by atoms with Crippen LogP contribution in [-0.4, -0.2) is 21.5 Å². The van der Waals surface area contributed by atoms with Gasteiger partial charge >= 0.3 is 0 Å². The molecule has 18 heavy (non-hydrogen) atoms. The fraction of sp³-hybridized carbons (Fsp3) is 0.615. The van der Waals surface area contributed by atoms with Crippen LogP contribution in [0.3, 0.4) is 0 Å². The lowest BCUT2D eigenvalue weighted by molar-refractivity contribution is 0.444. The van der Waals surface area contributed by atoms with Crippen LogP contribution in [-0.2, 0) is 0 Å². The second-order valence-electron chi connectivity index (χ2n) is 5.32. The Bertz CT molecular complexity index is 471. The fourth-order valence-electron chi connectivity index (χ4n) is 1.82. The van der Waals surface area contributed by atoms with Crippen molar-refractivity contribution in [3.05, 3.63) is 11.9 Å². The summed E-state index contributed by atoms with van der Waals surface area (Å²) in [4.78, 5) is 8.67. The summed E-state index contributed by atoms with van der Waals surface area (Å²) in [5, 5.41) is 15.5. The summed E-state index contributed by atoms with van der Waals surface area (Å²) in [6.45, 7) is 5.50. The van der Waals surface area contributed by atoms with Gasteiger partial charge in [-0.05, 0) is 40.0 Å². The van der Waals surface area contributed by atoms with Gasteiger partial charge in [0.15, 0.2) is 0 Å². The number of nitrogens with zero attached hydrogens (tertiary/aromatic N) is 3. The maximum atomic E-state index is 9.02. The van der Waals surface area contributed by atoms with Crippen LogP contribution in [0.1, 0.15) is 38.9 Å². The molecule has 0 spiro atoms. The van der Waals surface area contributed by atoms with Crippen LogP contribution in [0.5, 0.6) is 0 Å². The Labute approximate surface area is 108 Å². The third kappa shape index (κ3) is 3.10. The van der Waals surface area contributed by atoms with E-state index in [4.69, 9.17) is 5.26 Å². The number of aromatic nitrogens is 2. The van der Waals surface area contributed by atoms with Crippen LogP contribution in [0, 0.1) is 18.3 Å². The van der Waals surface area contributed by atoms with E-state index in [0.29, 0.717) is 17.7 Å². The predicted octanol–water partition coefficient (Wildman–Crippen LogP) is 2.46. The van der Waals surface area contributed by atoms with E-state index in [0.717, 1.165) is 5.82 Å². The number of nitriles is 1. The van der Waals surface area contributed by atoms with Crippen molar-refractivity contribution < 1.29 is 0 Å². The van der Waals surface area contributed by atoms with Gasteiger partial charge in [-0.25, -0.2) is 9.97 Å². The van der Waals surface area contributed by atoms with Gasteiger partial charge in [0, 0.05) is 12.1 Å². The first-order chi connectivity index (χ1) is 8.48. The Balaban J connectivity index is 2.13. The van der Waals surface area contributed by atoms with Crippen molar-refractivity contribution in [1.82, 2.24) is 9.97 Å². The summed E-state index contributed by atoms with van der Waals surface area (Å²) >= 11 is 0. The first kappa shape index (κ1) is 12.6. The maximum absolute atomic E-state index is 9.02. The van der Waals surface area contributed by atoms with Crippen molar-refractivity contribution in [1.29, 1.82) is 5.26 Å². The Morgan fingerprint density at radius 2 is 2.00 bits per heavy atom. The Hall–Kier alpha value is -1.83. The summed E-state index contributed by atoms with van der Waals surface area (Å²) in [6, 6.07) is 4.60. The molecule has 1 aliphatic rings. The molecule has 0 amide bonds. The zero-order chi connectivity index (χ0) is 13.2. The number of aryl methyl sites for hydroxylation is 1. The highest BCUT2D eigenvalue weighted by Crippen LogP contribution is 2.23. The third-order valence-corrected chi connectivity index (χ3v) is 3.02. The van der Waals surface area contributed by atoms with Gasteiger partial charge in [0.1, 0.15) is 23.0 Å². The molecule has 2 N–H and O–H groups in total. The molecular weight excluding hydrogens is 226 g/mol. The zero-order valence-electron chi connectivity index (χ0n) is 11.1. The molecule has 0 aliphatic heterocycles. The van der Waals surface area contributed by atoms with E-state index in [9.17, 15) is 0 Å². The smallest absolute Gasteiger partial charge is 0.133 e. The van der Waals surface area contributed by atoms with E-state index in [1.165, 1.54) is 19.3 Å². The SMILES string of the molecule is Cc1nc(NC2CCC2)cc(NC(C)(C)C#N)n1. The van der Waals surface area contributed by atoms with Crippen LogP contribution >= 0.6 is 0 Å². The van der Waals surface area contributed by atoms with E-state index in [1.807, 2.05) is 26.8 Å². The molecule has 5 nitrogen and oxygen atoms in total. The third-order valence-electron chi connectivity index (χ3n) is 3.02. The lowest BCUT2D eigenvalue weighted by atomic mass is 9.93. The second kappa shape index (κ2) is 4.81. The molecule has 1 saturated carbocycles. The van der Waals surface area contributed by atoms with Crippen LogP contribution in [0.2, 0.25) is 0 Å². The van der Waals surface area contributed by atoms with Gasteiger partial charge in [0.25, 0.3) is 0 Å². The average Bonchev–Trinajstić information content (AvgIpc) is 2.22. The van der Waals surface area contributed by atoms with Crippen molar-refractivity contribution in [3.8, 4) is 6.07 Å². The molecule has 0 saturated heterocycles. The highest BCUT2D eigenvalue weighted by molar-refractivity contribution is 5.50. The Morgan fingerprint density at radius 1 is 1.33 bits per heavy atom. The summed E-state index contributed by atoms with van der Waals surface area (Å²) < 4.78 is 0. The zero-order valence-corrected chi connectivity index (χ0v) is 11.1. The maximum Gasteiger partial charge on any atom is 0.133 e. The van der Waals surface area contributed by atoms with Crippen LogP contribution < -0.4 is 10.6 Å². The van der Waals surface area contributed by atoms with Crippen LogP contribution in [0.4, 0.5) is 11.6 Å². The van der Waals surface area contributed by atoms with Crippen molar-refractivity contribution in [2.45, 2.75) is 51.6 Å². The standard InChI is InChI=1S/C13H19N5/c1-9-15-11(17-10-5-4-6-10)7-12(16-9)18-13(2,3)8-14/h7,10H,4-6H2,1-3H3,(H2,15,16,17,18). The highest BCUT2D eigenvalue weighted by atomic mass is 15.1. The van der Waals surface area contributed by atoms with Gasteiger partial charge in [0.2, 0.25) is 0 Å². The van der Waals surface area contributed by atoms with E-state index in [2.05, 4.69) is 26.7 Å². The first-order valence-electron chi connectivity index (χ1n) is 6.30. The van der Waals surface area contributed by atoms with Gasteiger partial charge in [-0.2, -0.15) is 5.26 Å². The van der Waals surface area contributed by atoms with Gasteiger partial charge < -0.3 is 10.6 Å². The van der Waals surface area contributed by atoms with Gasteiger partial charge in [-0.1, -0.05) is 0 Å². The number of hydrogen-bond acceptors (Lipinski definition) is 5. The van der Waals surface area contributed by atoms with Crippen molar-refractivity contribution in [2.24, 2.45) is 0 Å². The Kier molecular flexibility index (Phi) is 3.37. The minimum Gasteiger partial charge on any atom is -0.367 e. The molecule has 0 atom stereocenters. The van der Waals surface area contributed by atoms with Crippen LogP contribution in [0.25, 0.3) is 0 Å². The molecule has 0 aromatic carbocycles. The van der Waals surface area contributed by atoms with Crippen molar-refractivity contribution >= 4 is 11.6 Å². The van der Waals surface area contributed by atoms with E-state index < -0.39 is 5.54 Å². The van der Waals surface area contributed by atoms with Gasteiger partial charge in [0.05, 0.1) is 6.07 Å². The summed E-state index contributed by atoms with van der Waals surface area (Å²) in [6.07, 6.45) is 3.69. The first-order valence-corrected chi connectivity index (χ1v) is 6.30. The molecule has 1 aliphatic carbocycles. The molecule has 1 aromatic heterocycles. The molecule has 0 bridgehead atoms. The Morgan fingerprint density at radius 3 is 2.56 bits per heavy atom. The number of rotatable bonds is 4. The molecule has 1 fully saturated rings. The van der Waals surface area contributed by atoms with E-state index >= 15 is 0 Å². The van der Waals surface area contributed by atoms with Crippen LogP contribution in [0.15, 0.2) is 6.07 Å². The monoisotopic (exact) mass is 245 g/mol. The largest absolute Gasteiger partial charge is 0.367 e. The molecule has 2 rings (SSSR count). The highest BCUT2D eigenvalue weighted by Gasteiger charge is 2.20. The number of anilines is 2. The lowest BCUT2D eigenvalue weighted by Crippen LogP contribution is -2.30. The molecule has 5 heteroatoms. The molecular formula is C13H19N5. The van der Waals surface area contributed by atoms with Gasteiger partial charge in [-0.15, -0.1) is 0 Å². The molecule has 1 heterocycles. The minimum atomic E-state index is -0.630. The average molecular weight is 245 g/mol. The van der Waals surface area contributed by atoms with Crippen molar-refractivity contribution in [2.75, 3.05) is 10.6 Å². The molecule has 1 aromatic rings. The fourth-order valence-corrected chi connectivity index (χ4v) is 1.82. The minimum absolute atomic E-state index is 0.538. The molecule has 0 unspecified atom stereocenters. The summed E-state index contributed by atoms with van der Waals surface area (Å²) in [5.74, 6) is 2.23. The van der Waals surface area contributed by atoms with Gasteiger partial charge in [-0.3, -0.25) is 0 Å². The second-order valence-corrected chi connectivity index (χ2v) is 5.32. The van der Waals surface area contributed by atoms with E-state index in [1.54, 1.807) is 0 Å². The number of hydrogen-bond donors (Lipinski definition) is 2.